The van der Waals surface area contributed by atoms with Crippen LogP contribution in [0.1, 0.15) is 29.6 Å². The summed E-state index contributed by atoms with van der Waals surface area (Å²) in [5.41, 5.74) is -0.0693. The molecule has 1 aromatic heterocycles. The number of aromatic amines is 1. The zero-order valence-corrected chi connectivity index (χ0v) is 12.9. The number of rotatable bonds is 4. The van der Waals surface area contributed by atoms with Gasteiger partial charge in [-0.1, -0.05) is 0 Å². The number of pyridine rings is 1. The van der Waals surface area contributed by atoms with Gasteiger partial charge in [-0.25, -0.2) is 0 Å². The van der Waals surface area contributed by atoms with E-state index < -0.39 is 6.10 Å². The van der Waals surface area contributed by atoms with Crippen LogP contribution in [0.25, 0.3) is 0 Å². The van der Waals surface area contributed by atoms with Gasteiger partial charge in [0, 0.05) is 37.2 Å². The van der Waals surface area contributed by atoms with Crippen LogP contribution in [0.5, 0.6) is 0 Å². The number of hydrogen-bond donors (Lipinski definition) is 3. The molecule has 7 nitrogen and oxygen atoms in total. The molecule has 7 heteroatoms. The van der Waals surface area contributed by atoms with Crippen LogP contribution in [0.15, 0.2) is 23.1 Å². The fourth-order valence-corrected chi connectivity index (χ4v) is 3.66. The van der Waals surface area contributed by atoms with Gasteiger partial charge in [0.2, 0.25) is 5.56 Å². The highest BCUT2D eigenvalue weighted by molar-refractivity contribution is 5.93. The third kappa shape index (κ3) is 2.91. The lowest BCUT2D eigenvalue weighted by Crippen LogP contribution is -2.62. The Morgan fingerprint density at radius 3 is 2.70 bits per heavy atom. The van der Waals surface area contributed by atoms with Crippen molar-refractivity contribution >= 4 is 5.91 Å². The summed E-state index contributed by atoms with van der Waals surface area (Å²) in [4.78, 5) is 27.8. The lowest BCUT2D eigenvalue weighted by Gasteiger charge is -2.56. The molecule has 1 amide bonds. The second kappa shape index (κ2) is 6.43. The van der Waals surface area contributed by atoms with Crippen LogP contribution in [-0.2, 0) is 4.74 Å². The molecule has 2 atom stereocenters. The number of nitrogens with zero attached hydrogens (tertiary/aromatic N) is 1. The number of carbonyl (C=O) groups is 1. The summed E-state index contributed by atoms with van der Waals surface area (Å²) >= 11 is 0. The van der Waals surface area contributed by atoms with Crippen molar-refractivity contribution in [2.45, 2.75) is 31.5 Å². The summed E-state index contributed by atoms with van der Waals surface area (Å²) < 4.78 is 5.63. The summed E-state index contributed by atoms with van der Waals surface area (Å²) in [6.45, 7) is 1.35. The maximum absolute atomic E-state index is 12.4. The molecule has 2 aliphatic rings. The Labute approximate surface area is 133 Å². The first-order valence-corrected chi connectivity index (χ1v) is 7.95. The summed E-state index contributed by atoms with van der Waals surface area (Å²) in [5.74, 6) is -0.113. The average molecular weight is 322 g/mol. The van der Waals surface area contributed by atoms with Crippen LogP contribution in [0.2, 0.25) is 0 Å². The van der Waals surface area contributed by atoms with Crippen molar-refractivity contribution in [1.29, 1.82) is 0 Å². The molecule has 1 saturated heterocycles. The SMILES string of the molecule is O=C(c1ccc(=O)[nH]c1)N1CCC2(CC1)[C@H](O)C[C@@H]2OCCO. The molecule has 1 saturated carbocycles. The average Bonchev–Trinajstić information content (AvgIpc) is 2.58. The Morgan fingerprint density at radius 2 is 2.13 bits per heavy atom. The van der Waals surface area contributed by atoms with E-state index in [0.29, 0.717) is 37.9 Å². The first-order valence-electron chi connectivity index (χ1n) is 7.95. The summed E-state index contributed by atoms with van der Waals surface area (Å²) in [6, 6.07) is 2.87. The second-order valence-electron chi connectivity index (χ2n) is 6.30. The molecular weight excluding hydrogens is 300 g/mol. The van der Waals surface area contributed by atoms with Crippen molar-refractivity contribution in [3.63, 3.8) is 0 Å². The fourth-order valence-electron chi connectivity index (χ4n) is 3.66. The van der Waals surface area contributed by atoms with Crippen LogP contribution in [0.3, 0.4) is 0 Å². The van der Waals surface area contributed by atoms with E-state index in [-0.39, 0.29) is 36.2 Å². The quantitative estimate of drug-likeness (QED) is 0.709. The third-order valence-electron chi connectivity index (χ3n) is 5.17. The highest BCUT2D eigenvalue weighted by Gasteiger charge is 2.56. The molecule has 2 heterocycles. The molecule has 126 valence electrons. The highest BCUT2D eigenvalue weighted by Crippen LogP contribution is 2.51. The summed E-state index contributed by atoms with van der Waals surface area (Å²) in [7, 11) is 0. The molecule has 1 aliphatic carbocycles. The fraction of sp³-hybridized carbons (Fsp3) is 0.625. The molecule has 3 N–H and O–H groups in total. The third-order valence-corrected chi connectivity index (χ3v) is 5.17. The first-order chi connectivity index (χ1) is 11.1. The van der Waals surface area contributed by atoms with Gasteiger partial charge in [0.05, 0.1) is 31.0 Å². The van der Waals surface area contributed by atoms with E-state index in [1.165, 1.54) is 18.3 Å². The van der Waals surface area contributed by atoms with E-state index in [2.05, 4.69) is 4.98 Å². The Bertz CT molecular complexity index is 601. The minimum Gasteiger partial charge on any atom is -0.394 e. The van der Waals surface area contributed by atoms with Crippen molar-refractivity contribution in [2.24, 2.45) is 5.41 Å². The Balaban J connectivity index is 1.62. The Hall–Kier alpha value is -1.70. The lowest BCUT2D eigenvalue weighted by atomic mass is 9.58. The molecule has 3 rings (SSSR count). The molecule has 23 heavy (non-hydrogen) atoms. The Morgan fingerprint density at radius 1 is 1.39 bits per heavy atom. The van der Waals surface area contributed by atoms with Crippen LogP contribution < -0.4 is 5.56 Å². The number of ether oxygens (including phenoxy) is 1. The number of aliphatic hydroxyl groups excluding tert-OH is 2. The molecule has 2 fully saturated rings. The summed E-state index contributed by atoms with van der Waals surface area (Å²) in [6.07, 6.45) is 2.93. The van der Waals surface area contributed by atoms with Gasteiger partial charge in [-0.3, -0.25) is 9.59 Å². The molecular formula is C16H22N2O5. The smallest absolute Gasteiger partial charge is 0.255 e. The summed E-state index contributed by atoms with van der Waals surface area (Å²) in [5, 5.41) is 19.1. The van der Waals surface area contributed by atoms with Gasteiger partial charge in [-0.15, -0.1) is 0 Å². The first kappa shape index (κ1) is 16.2. The maximum atomic E-state index is 12.4. The van der Waals surface area contributed by atoms with E-state index in [0.717, 1.165) is 0 Å². The van der Waals surface area contributed by atoms with Gasteiger partial charge in [0.25, 0.3) is 5.91 Å². The van der Waals surface area contributed by atoms with Gasteiger partial charge in [-0.05, 0) is 18.9 Å². The number of hydrogen-bond acceptors (Lipinski definition) is 5. The molecule has 0 bridgehead atoms. The van der Waals surface area contributed by atoms with Gasteiger partial charge < -0.3 is 24.8 Å². The number of carbonyl (C=O) groups excluding carboxylic acids is 1. The minimum atomic E-state index is -0.406. The standard InChI is InChI=1S/C16H22N2O5/c19-7-8-23-13-9-12(20)16(13)3-5-18(6-4-16)15(22)11-1-2-14(21)17-10-11/h1-2,10,12-13,19-20H,3-9H2,(H,17,21)/t12-,13+/m1/s1. The molecule has 1 aliphatic heterocycles. The van der Waals surface area contributed by atoms with E-state index in [1.807, 2.05) is 0 Å². The van der Waals surface area contributed by atoms with Crippen molar-refractivity contribution in [1.82, 2.24) is 9.88 Å². The molecule has 0 unspecified atom stereocenters. The number of likely N-dealkylation sites (tertiary alicyclic amines) is 1. The number of H-pyrrole nitrogens is 1. The highest BCUT2D eigenvalue weighted by atomic mass is 16.5. The number of piperidine rings is 1. The molecule has 1 spiro atoms. The van der Waals surface area contributed by atoms with E-state index in [9.17, 15) is 14.7 Å². The predicted molar refractivity (Wildman–Crippen MR) is 82.1 cm³/mol. The van der Waals surface area contributed by atoms with Crippen molar-refractivity contribution < 1.29 is 19.7 Å². The largest absolute Gasteiger partial charge is 0.394 e. The van der Waals surface area contributed by atoms with Crippen molar-refractivity contribution in [3.05, 3.63) is 34.2 Å². The molecule has 0 radical (unpaired) electrons. The normalized spacial score (nSPS) is 26.1. The van der Waals surface area contributed by atoms with E-state index in [4.69, 9.17) is 9.84 Å². The van der Waals surface area contributed by atoms with Crippen LogP contribution in [-0.4, -0.2) is 64.5 Å². The monoisotopic (exact) mass is 322 g/mol. The topological polar surface area (TPSA) is 103 Å². The lowest BCUT2D eigenvalue weighted by molar-refractivity contribution is -0.211. The van der Waals surface area contributed by atoms with Crippen LogP contribution >= 0.6 is 0 Å². The molecule has 0 aromatic carbocycles. The van der Waals surface area contributed by atoms with Crippen molar-refractivity contribution in [3.8, 4) is 0 Å². The van der Waals surface area contributed by atoms with Gasteiger partial charge in [0.1, 0.15) is 0 Å². The second-order valence-corrected chi connectivity index (χ2v) is 6.30. The number of nitrogens with one attached hydrogen (secondary N) is 1. The van der Waals surface area contributed by atoms with Gasteiger partial charge in [-0.2, -0.15) is 0 Å². The number of aromatic nitrogens is 1. The van der Waals surface area contributed by atoms with Crippen molar-refractivity contribution in [2.75, 3.05) is 26.3 Å². The van der Waals surface area contributed by atoms with E-state index >= 15 is 0 Å². The van der Waals surface area contributed by atoms with Gasteiger partial charge in [0.15, 0.2) is 0 Å². The molecule has 1 aromatic rings. The Kier molecular flexibility index (Phi) is 4.52. The minimum absolute atomic E-state index is 0.0283. The zero-order valence-electron chi connectivity index (χ0n) is 12.9. The maximum Gasteiger partial charge on any atom is 0.255 e. The number of aliphatic hydroxyl groups is 2. The van der Waals surface area contributed by atoms with Gasteiger partial charge >= 0.3 is 0 Å². The van der Waals surface area contributed by atoms with Crippen LogP contribution in [0.4, 0.5) is 0 Å². The van der Waals surface area contributed by atoms with Crippen LogP contribution in [0, 0.1) is 5.41 Å². The van der Waals surface area contributed by atoms with E-state index in [1.54, 1.807) is 4.90 Å². The number of amides is 1. The predicted octanol–water partition coefficient (Wildman–Crippen LogP) is -0.261. The zero-order chi connectivity index (χ0) is 16.4.